The molecule has 1 heterocycles. The van der Waals surface area contributed by atoms with Crippen molar-refractivity contribution in [3.05, 3.63) is 28.3 Å². The number of hydrogen-bond acceptors (Lipinski definition) is 3. The molecular weight excluding hydrogens is 238 g/mol. The van der Waals surface area contributed by atoms with Crippen molar-refractivity contribution in [2.75, 3.05) is 19.7 Å². The first-order chi connectivity index (χ1) is 8.09. The van der Waals surface area contributed by atoms with Crippen LogP contribution in [0.1, 0.15) is 37.0 Å². The van der Waals surface area contributed by atoms with Crippen LogP contribution in [0.2, 0.25) is 5.02 Å². The molecule has 0 aromatic heterocycles. The molecule has 1 aromatic carbocycles. The zero-order valence-electron chi connectivity index (χ0n) is 10.2. The van der Waals surface area contributed by atoms with E-state index >= 15 is 0 Å². The zero-order chi connectivity index (χ0) is 12.4. The van der Waals surface area contributed by atoms with E-state index in [2.05, 4.69) is 5.32 Å². The maximum Gasteiger partial charge on any atom is 0.124 e. The molecule has 1 aromatic rings. The van der Waals surface area contributed by atoms with Gasteiger partial charge in [-0.25, -0.2) is 0 Å². The highest BCUT2D eigenvalue weighted by atomic mass is 35.5. The number of ether oxygens (including phenoxy) is 1. The monoisotopic (exact) mass is 255 g/mol. The number of halogens is 1. The van der Waals surface area contributed by atoms with E-state index in [-0.39, 0.29) is 12.0 Å². The fourth-order valence-electron chi connectivity index (χ4n) is 2.09. The predicted octanol–water partition coefficient (Wildman–Crippen LogP) is 2.83. The molecule has 0 amide bonds. The first kappa shape index (κ1) is 12.7. The van der Waals surface area contributed by atoms with Crippen molar-refractivity contribution in [3.8, 4) is 5.75 Å². The van der Waals surface area contributed by atoms with E-state index in [0.29, 0.717) is 23.9 Å². The third-order valence-corrected chi connectivity index (χ3v) is 3.25. The van der Waals surface area contributed by atoms with E-state index < -0.39 is 0 Å². The molecule has 1 aliphatic rings. The molecule has 4 heteroatoms. The van der Waals surface area contributed by atoms with E-state index in [1.807, 2.05) is 19.9 Å². The molecule has 1 atom stereocenters. The van der Waals surface area contributed by atoms with Gasteiger partial charge in [0.05, 0.1) is 12.7 Å². The van der Waals surface area contributed by atoms with Crippen LogP contribution in [0.5, 0.6) is 5.75 Å². The SMILES string of the molecule is CC(C)c1cc(Cl)cc(C2CNCCO2)c1O. The van der Waals surface area contributed by atoms with Crippen molar-refractivity contribution in [1.29, 1.82) is 0 Å². The smallest absolute Gasteiger partial charge is 0.124 e. The summed E-state index contributed by atoms with van der Waals surface area (Å²) in [5.74, 6) is 0.557. The molecule has 1 fully saturated rings. The van der Waals surface area contributed by atoms with Gasteiger partial charge in [-0.15, -0.1) is 0 Å². The lowest BCUT2D eigenvalue weighted by Gasteiger charge is -2.26. The Balaban J connectivity index is 2.38. The first-order valence-corrected chi connectivity index (χ1v) is 6.32. The van der Waals surface area contributed by atoms with Crippen LogP contribution in [-0.4, -0.2) is 24.8 Å². The maximum absolute atomic E-state index is 10.3. The number of phenolic OH excluding ortho intramolecular Hbond substituents is 1. The van der Waals surface area contributed by atoms with Crippen LogP contribution in [0.25, 0.3) is 0 Å². The van der Waals surface area contributed by atoms with Gasteiger partial charge in [-0.3, -0.25) is 0 Å². The number of aromatic hydroxyl groups is 1. The molecule has 1 unspecified atom stereocenters. The number of morpholine rings is 1. The molecule has 1 aliphatic heterocycles. The molecule has 1 saturated heterocycles. The Morgan fingerprint density at radius 2 is 2.24 bits per heavy atom. The maximum atomic E-state index is 10.3. The molecule has 0 bridgehead atoms. The van der Waals surface area contributed by atoms with Gasteiger partial charge in [-0.2, -0.15) is 0 Å². The zero-order valence-corrected chi connectivity index (χ0v) is 10.9. The fraction of sp³-hybridized carbons (Fsp3) is 0.538. The highest BCUT2D eigenvalue weighted by molar-refractivity contribution is 6.30. The summed E-state index contributed by atoms with van der Waals surface area (Å²) in [7, 11) is 0. The molecule has 0 radical (unpaired) electrons. The standard InChI is InChI=1S/C13H18ClNO2/c1-8(2)10-5-9(14)6-11(13(10)16)12-7-15-3-4-17-12/h5-6,8,12,15-16H,3-4,7H2,1-2H3. The fourth-order valence-corrected chi connectivity index (χ4v) is 2.33. The minimum absolute atomic E-state index is 0.111. The van der Waals surface area contributed by atoms with Gasteiger partial charge in [0.25, 0.3) is 0 Å². The molecule has 94 valence electrons. The van der Waals surface area contributed by atoms with Crippen molar-refractivity contribution in [3.63, 3.8) is 0 Å². The minimum atomic E-state index is -0.111. The highest BCUT2D eigenvalue weighted by Crippen LogP contribution is 2.37. The molecule has 3 nitrogen and oxygen atoms in total. The van der Waals surface area contributed by atoms with E-state index in [0.717, 1.165) is 17.7 Å². The number of benzene rings is 1. The second kappa shape index (κ2) is 5.25. The first-order valence-electron chi connectivity index (χ1n) is 5.94. The van der Waals surface area contributed by atoms with Gasteiger partial charge >= 0.3 is 0 Å². The Labute approximate surface area is 107 Å². The average molecular weight is 256 g/mol. The third kappa shape index (κ3) is 2.73. The Morgan fingerprint density at radius 3 is 2.82 bits per heavy atom. The molecular formula is C13H18ClNO2. The van der Waals surface area contributed by atoms with Gasteiger partial charge in [-0.05, 0) is 23.6 Å². The van der Waals surface area contributed by atoms with Crippen molar-refractivity contribution >= 4 is 11.6 Å². The van der Waals surface area contributed by atoms with E-state index in [9.17, 15) is 5.11 Å². The quantitative estimate of drug-likeness (QED) is 0.854. The number of phenols is 1. The average Bonchev–Trinajstić information content (AvgIpc) is 2.32. The van der Waals surface area contributed by atoms with Crippen molar-refractivity contribution in [1.82, 2.24) is 5.32 Å². The van der Waals surface area contributed by atoms with Gasteiger partial charge in [0.1, 0.15) is 5.75 Å². The van der Waals surface area contributed by atoms with Crippen LogP contribution < -0.4 is 5.32 Å². The van der Waals surface area contributed by atoms with Crippen LogP contribution in [0, 0.1) is 0 Å². The van der Waals surface area contributed by atoms with E-state index in [1.165, 1.54) is 0 Å². The van der Waals surface area contributed by atoms with Crippen LogP contribution >= 0.6 is 11.6 Å². The van der Waals surface area contributed by atoms with Gasteiger partial charge < -0.3 is 15.2 Å². The molecule has 0 aliphatic carbocycles. The largest absolute Gasteiger partial charge is 0.507 e. The number of rotatable bonds is 2. The summed E-state index contributed by atoms with van der Waals surface area (Å²) in [6.45, 7) is 6.30. The second-order valence-corrected chi connectivity index (χ2v) is 5.09. The highest BCUT2D eigenvalue weighted by Gasteiger charge is 2.22. The predicted molar refractivity (Wildman–Crippen MR) is 68.8 cm³/mol. The Bertz CT molecular complexity index is 401. The Hall–Kier alpha value is -0.770. The van der Waals surface area contributed by atoms with Crippen LogP contribution in [0.4, 0.5) is 0 Å². The van der Waals surface area contributed by atoms with Gasteiger partial charge in [-0.1, -0.05) is 25.4 Å². The third-order valence-electron chi connectivity index (χ3n) is 3.03. The van der Waals surface area contributed by atoms with Gasteiger partial charge in [0.2, 0.25) is 0 Å². The van der Waals surface area contributed by atoms with E-state index in [4.69, 9.17) is 16.3 Å². The van der Waals surface area contributed by atoms with Gasteiger partial charge in [0, 0.05) is 23.7 Å². The molecule has 0 saturated carbocycles. The lowest BCUT2D eigenvalue weighted by atomic mass is 9.96. The van der Waals surface area contributed by atoms with Gasteiger partial charge in [0.15, 0.2) is 0 Å². The van der Waals surface area contributed by atoms with E-state index in [1.54, 1.807) is 6.07 Å². The normalized spacial score (nSPS) is 20.8. The summed E-state index contributed by atoms with van der Waals surface area (Å²) in [4.78, 5) is 0. The van der Waals surface area contributed by atoms with Crippen LogP contribution in [-0.2, 0) is 4.74 Å². The van der Waals surface area contributed by atoms with Crippen LogP contribution in [0.3, 0.4) is 0 Å². The summed E-state index contributed by atoms with van der Waals surface area (Å²) in [5.41, 5.74) is 1.66. The summed E-state index contributed by atoms with van der Waals surface area (Å²) >= 11 is 6.10. The summed E-state index contributed by atoms with van der Waals surface area (Å²) < 4.78 is 5.65. The second-order valence-electron chi connectivity index (χ2n) is 4.65. The van der Waals surface area contributed by atoms with Crippen LogP contribution in [0.15, 0.2) is 12.1 Å². The van der Waals surface area contributed by atoms with Crippen molar-refractivity contribution < 1.29 is 9.84 Å². The van der Waals surface area contributed by atoms with Crippen molar-refractivity contribution in [2.24, 2.45) is 0 Å². The number of nitrogens with one attached hydrogen (secondary N) is 1. The minimum Gasteiger partial charge on any atom is -0.507 e. The summed E-state index contributed by atoms with van der Waals surface area (Å²) in [6.07, 6.45) is -0.111. The topological polar surface area (TPSA) is 41.5 Å². The lowest BCUT2D eigenvalue weighted by molar-refractivity contribution is 0.0262. The summed E-state index contributed by atoms with van der Waals surface area (Å²) in [6, 6.07) is 3.61. The molecule has 2 N–H and O–H groups in total. The lowest BCUT2D eigenvalue weighted by Crippen LogP contribution is -2.33. The molecule has 17 heavy (non-hydrogen) atoms. The molecule has 2 rings (SSSR count). The van der Waals surface area contributed by atoms with Crippen molar-refractivity contribution in [2.45, 2.75) is 25.9 Å². The number of hydrogen-bond donors (Lipinski definition) is 2. The Morgan fingerprint density at radius 1 is 1.47 bits per heavy atom. The Kier molecular flexibility index (Phi) is 3.92. The molecule has 0 spiro atoms. The summed E-state index contributed by atoms with van der Waals surface area (Å²) in [5, 5.41) is 14.2.